The molecule has 5 aromatic rings. The van der Waals surface area contributed by atoms with Crippen LogP contribution in [0.25, 0.3) is 27.5 Å². The molecule has 1 atom stereocenters. The Morgan fingerprint density at radius 1 is 0.811 bits per heavy atom. The quantitative estimate of drug-likeness (QED) is 0.159. The number of rotatable bonds is 10. The molecule has 0 radical (unpaired) electrons. The van der Waals surface area contributed by atoms with Crippen LogP contribution in [0.1, 0.15) is 41.1 Å². The van der Waals surface area contributed by atoms with Gasteiger partial charge in [0.2, 0.25) is 0 Å². The van der Waals surface area contributed by atoms with E-state index in [0.717, 1.165) is 53.2 Å². The summed E-state index contributed by atoms with van der Waals surface area (Å²) in [7, 11) is 0. The lowest BCUT2D eigenvalue weighted by atomic mass is 9.92. The fraction of sp³-hybridized carbons (Fsp3) is 0.143. The average molecular weight is 484 g/mol. The Hall–Kier alpha value is -4.14. The van der Waals surface area contributed by atoms with E-state index in [2.05, 4.69) is 91.5 Å². The minimum atomic E-state index is -0.193. The van der Waals surface area contributed by atoms with Gasteiger partial charge in [0, 0.05) is 16.8 Å². The molecule has 0 aliphatic rings. The Morgan fingerprint density at radius 3 is 2.43 bits per heavy atom. The molecule has 2 N–H and O–H groups in total. The average Bonchev–Trinajstić information content (AvgIpc) is 3.33. The van der Waals surface area contributed by atoms with Crippen molar-refractivity contribution in [2.75, 3.05) is 0 Å². The first kappa shape index (κ1) is 24.5. The second-order valence-corrected chi connectivity index (χ2v) is 9.38. The van der Waals surface area contributed by atoms with Crippen LogP contribution in [0.2, 0.25) is 0 Å². The van der Waals surface area contributed by atoms with Crippen molar-refractivity contribution in [3.05, 3.63) is 150 Å². The first-order valence-electron chi connectivity index (χ1n) is 13.0. The smallest absolute Gasteiger partial charge is 0.135 e. The van der Waals surface area contributed by atoms with E-state index in [4.69, 9.17) is 10.2 Å². The van der Waals surface area contributed by atoms with Gasteiger partial charge in [0.05, 0.1) is 0 Å². The lowest BCUT2D eigenvalue weighted by molar-refractivity contribution is 0.668. The van der Waals surface area contributed by atoms with Gasteiger partial charge in [-0.2, -0.15) is 0 Å². The molecule has 4 aromatic carbocycles. The maximum Gasteiger partial charge on any atom is 0.135 e. The van der Waals surface area contributed by atoms with Gasteiger partial charge in [-0.05, 0) is 65.6 Å². The predicted molar refractivity (Wildman–Crippen MR) is 157 cm³/mol. The third-order valence-electron chi connectivity index (χ3n) is 6.93. The fourth-order valence-electron chi connectivity index (χ4n) is 5.09. The Balaban J connectivity index is 1.29. The summed E-state index contributed by atoms with van der Waals surface area (Å²) >= 11 is 0. The first-order valence-corrected chi connectivity index (χ1v) is 13.0. The van der Waals surface area contributed by atoms with Gasteiger partial charge in [0.25, 0.3) is 0 Å². The second kappa shape index (κ2) is 11.7. The number of para-hydroxylation sites is 1. The number of aryl methyl sites for hydroxylation is 2. The molecule has 1 aromatic heterocycles. The van der Waals surface area contributed by atoms with Crippen LogP contribution in [0, 0.1) is 0 Å². The van der Waals surface area contributed by atoms with Crippen LogP contribution in [0.5, 0.6) is 0 Å². The lowest BCUT2D eigenvalue weighted by Crippen LogP contribution is -2.07. The zero-order valence-corrected chi connectivity index (χ0v) is 21.1. The normalized spacial score (nSPS) is 12.9. The van der Waals surface area contributed by atoms with E-state index >= 15 is 0 Å². The van der Waals surface area contributed by atoms with Crippen molar-refractivity contribution in [3.63, 3.8) is 0 Å². The number of hydrogen-bond donors (Lipinski definition) is 1. The third kappa shape index (κ3) is 5.66. The summed E-state index contributed by atoms with van der Waals surface area (Å²) in [6.45, 7) is 3.96. The van der Waals surface area contributed by atoms with Crippen molar-refractivity contribution in [1.29, 1.82) is 0 Å². The Labute approximate surface area is 219 Å². The molecule has 0 aliphatic carbocycles. The largest absolute Gasteiger partial charge is 0.456 e. The predicted octanol–water partition coefficient (Wildman–Crippen LogP) is 8.98. The van der Waals surface area contributed by atoms with Crippen LogP contribution < -0.4 is 5.73 Å². The maximum absolute atomic E-state index is 6.65. The molecule has 0 spiro atoms. The molecule has 2 heteroatoms. The molecule has 1 unspecified atom stereocenters. The van der Waals surface area contributed by atoms with Crippen molar-refractivity contribution in [2.45, 2.75) is 31.7 Å². The molecular formula is C35H33NO. The summed E-state index contributed by atoms with van der Waals surface area (Å²) in [5.41, 5.74) is 14.9. The van der Waals surface area contributed by atoms with E-state index in [1.807, 2.05) is 36.4 Å². The van der Waals surface area contributed by atoms with Crippen LogP contribution in [0.15, 0.2) is 132 Å². The molecule has 0 fully saturated rings. The first-order chi connectivity index (χ1) is 18.2. The van der Waals surface area contributed by atoms with Crippen molar-refractivity contribution in [3.8, 4) is 0 Å². The molecule has 0 saturated heterocycles. The summed E-state index contributed by atoms with van der Waals surface area (Å²) in [5, 5.41) is 2.22. The maximum atomic E-state index is 6.65. The minimum absolute atomic E-state index is 0.193. The Bertz CT molecular complexity index is 1550. The molecule has 5 rings (SSSR count). The Morgan fingerprint density at radius 2 is 1.57 bits per heavy atom. The van der Waals surface area contributed by atoms with E-state index in [9.17, 15) is 0 Å². The van der Waals surface area contributed by atoms with Gasteiger partial charge in [-0.25, -0.2) is 0 Å². The zero-order valence-electron chi connectivity index (χ0n) is 21.1. The topological polar surface area (TPSA) is 39.2 Å². The Kier molecular flexibility index (Phi) is 7.78. The molecule has 0 bridgehead atoms. The summed E-state index contributed by atoms with van der Waals surface area (Å²) < 4.78 is 6.04. The van der Waals surface area contributed by atoms with Crippen LogP contribution in [-0.4, -0.2) is 0 Å². The van der Waals surface area contributed by atoms with E-state index in [-0.39, 0.29) is 6.04 Å². The van der Waals surface area contributed by atoms with Crippen LogP contribution in [-0.2, 0) is 12.8 Å². The minimum Gasteiger partial charge on any atom is -0.456 e. The summed E-state index contributed by atoms with van der Waals surface area (Å²) in [6, 6.07) is 33.5. The van der Waals surface area contributed by atoms with Crippen molar-refractivity contribution >= 4 is 27.5 Å². The molecule has 184 valence electrons. The highest BCUT2D eigenvalue weighted by molar-refractivity contribution is 6.06. The van der Waals surface area contributed by atoms with Gasteiger partial charge >= 0.3 is 0 Å². The highest BCUT2D eigenvalue weighted by atomic mass is 16.3. The molecule has 2 nitrogen and oxygen atoms in total. The van der Waals surface area contributed by atoms with Gasteiger partial charge in [-0.3, -0.25) is 0 Å². The van der Waals surface area contributed by atoms with E-state index in [1.54, 1.807) is 0 Å². The molecule has 0 amide bonds. The second-order valence-electron chi connectivity index (χ2n) is 9.38. The standard InChI is InChI=1S/C35H33NO/c1-2-13-27(25-24-26-14-4-3-5-15-26)29-18-8-6-16-28(29)17-7-10-21-32(36)30-20-12-23-34-35(30)31-19-9-11-22-33(31)37-34/h2-6,8-16,18-23,32H,1,7,17,24-25,36H2/b21-10-,27-13+. The van der Waals surface area contributed by atoms with Crippen molar-refractivity contribution in [1.82, 2.24) is 0 Å². The zero-order chi connectivity index (χ0) is 25.5. The van der Waals surface area contributed by atoms with Crippen molar-refractivity contribution in [2.24, 2.45) is 5.73 Å². The number of nitrogens with two attached hydrogens (primary N) is 1. The highest BCUT2D eigenvalue weighted by Gasteiger charge is 2.14. The van der Waals surface area contributed by atoms with E-state index in [1.165, 1.54) is 22.3 Å². The van der Waals surface area contributed by atoms with Gasteiger partial charge in [-0.15, -0.1) is 0 Å². The van der Waals surface area contributed by atoms with Crippen LogP contribution >= 0.6 is 0 Å². The highest BCUT2D eigenvalue weighted by Crippen LogP contribution is 2.33. The summed E-state index contributed by atoms with van der Waals surface area (Å²) in [4.78, 5) is 0. The van der Waals surface area contributed by atoms with E-state index in [0.29, 0.717) is 0 Å². The fourth-order valence-corrected chi connectivity index (χ4v) is 5.09. The molecule has 0 aliphatic heterocycles. The van der Waals surface area contributed by atoms with Crippen LogP contribution in [0.3, 0.4) is 0 Å². The third-order valence-corrected chi connectivity index (χ3v) is 6.93. The monoisotopic (exact) mass is 483 g/mol. The number of fused-ring (bicyclic) bond motifs is 3. The van der Waals surface area contributed by atoms with Crippen LogP contribution in [0.4, 0.5) is 0 Å². The molecule has 37 heavy (non-hydrogen) atoms. The molecular weight excluding hydrogens is 450 g/mol. The number of furan rings is 1. The van der Waals surface area contributed by atoms with Gasteiger partial charge in [0.1, 0.15) is 11.2 Å². The van der Waals surface area contributed by atoms with Gasteiger partial charge in [-0.1, -0.05) is 116 Å². The molecule has 1 heterocycles. The molecule has 0 saturated carbocycles. The summed E-state index contributed by atoms with van der Waals surface area (Å²) in [5.74, 6) is 0. The number of allylic oxidation sites excluding steroid dienone is 4. The summed E-state index contributed by atoms with van der Waals surface area (Å²) in [6.07, 6.45) is 12.3. The van der Waals surface area contributed by atoms with Gasteiger partial charge in [0.15, 0.2) is 0 Å². The van der Waals surface area contributed by atoms with E-state index < -0.39 is 0 Å². The van der Waals surface area contributed by atoms with Crippen molar-refractivity contribution < 1.29 is 4.42 Å². The SMILES string of the molecule is C=C/C=C(\CCc1ccccc1)c1ccccc1CC/C=C\C(N)c1cccc2oc3ccccc3c12. The number of benzene rings is 4. The lowest BCUT2D eigenvalue weighted by Gasteiger charge is -2.13. The number of hydrogen-bond acceptors (Lipinski definition) is 2. The van der Waals surface area contributed by atoms with Gasteiger partial charge < -0.3 is 10.2 Å².